The molecular weight excluding hydrogens is 160 g/mol. The van der Waals surface area contributed by atoms with Gasteiger partial charge >= 0.3 is 0 Å². The van der Waals surface area contributed by atoms with Crippen molar-refractivity contribution in [2.45, 2.75) is 19.8 Å². The Hall–Kier alpha value is 1.01. The van der Waals surface area contributed by atoms with E-state index >= 15 is 0 Å². The second kappa shape index (κ2) is 8.01. The Morgan fingerprint density at radius 3 is 2.88 bits per heavy atom. The maximum atomic E-state index is 5.03. The molecule has 0 unspecified atom stereocenters. The molecule has 0 heterocycles. The standard InChI is InChI=1S/C4H10OS3/c1-2-3-4-5-7-8-6/h6H,2-4H2,1H3. The summed E-state index contributed by atoms with van der Waals surface area (Å²) in [5.41, 5.74) is 0. The van der Waals surface area contributed by atoms with Crippen LogP contribution in [0.25, 0.3) is 0 Å². The van der Waals surface area contributed by atoms with Crippen molar-refractivity contribution < 1.29 is 4.18 Å². The van der Waals surface area contributed by atoms with Gasteiger partial charge in [0.1, 0.15) is 0 Å². The van der Waals surface area contributed by atoms with Crippen LogP contribution in [-0.2, 0) is 4.18 Å². The summed E-state index contributed by atoms with van der Waals surface area (Å²) in [6.07, 6.45) is 2.33. The molecule has 0 aliphatic carbocycles. The molecule has 0 spiro atoms. The van der Waals surface area contributed by atoms with Crippen molar-refractivity contribution in [2.75, 3.05) is 6.61 Å². The lowest BCUT2D eigenvalue weighted by molar-refractivity contribution is 0.368. The van der Waals surface area contributed by atoms with Gasteiger partial charge in [0.25, 0.3) is 0 Å². The van der Waals surface area contributed by atoms with Crippen LogP contribution in [0.4, 0.5) is 0 Å². The van der Waals surface area contributed by atoms with Crippen molar-refractivity contribution in [3.05, 3.63) is 0 Å². The lowest BCUT2D eigenvalue weighted by Crippen LogP contribution is -1.81. The molecular formula is C4H10OS3. The Labute approximate surface area is 63.4 Å². The molecule has 0 amide bonds. The molecule has 0 aromatic carbocycles. The van der Waals surface area contributed by atoms with E-state index in [1.807, 2.05) is 0 Å². The lowest BCUT2D eigenvalue weighted by atomic mass is 10.4. The fraction of sp³-hybridized carbons (Fsp3) is 1.00. The zero-order valence-corrected chi connectivity index (χ0v) is 7.32. The Balaban J connectivity index is 2.53. The second-order valence-electron chi connectivity index (χ2n) is 1.32. The molecule has 4 heteroatoms. The van der Waals surface area contributed by atoms with E-state index in [2.05, 4.69) is 18.6 Å². The van der Waals surface area contributed by atoms with Crippen LogP contribution in [0.1, 0.15) is 19.8 Å². The normalized spacial score (nSPS) is 9.75. The molecule has 0 aromatic rings. The van der Waals surface area contributed by atoms with Gasteiger partial charge in [-0.2, -0.15) is 0 Å². The maximum absolute atomic E-state index is 5.03. The van der Waals surface area contributed by atoms with Crippen molar-refractivity contribution in [2.24, 2.45) is 0 Å². The molecule has 0 saturated carbocycles. The van der Waals surface area contributed by atoms with Crippen molar-refractivity contribution in [3.8, 4) is 0 Å². The van der Waals surface area contributed by atoms with E-state index in [9.17, 15) is 0 Å². The third-order valence-electron chi connectivity index (χ3n) is 0.660. The van der Waals surface area contributed by atoms with Crippen LogP contribution in [0, 0.1) is 0 Å². The molecule has 8 heavy (non-hydrogen) atoms. The van der Waals surface area contributed by atoms with E-state index in [-0.39, 0.29) is 0 Å². The van der Waals surface area contributed by atoms with E-state index in [0.29, 0.717) is 0 Å². The maximum Gasteiger partial charge on any atom is 0.0737 e. The molecule has 0 rings (SSSR count). The van der Waals surface area contributed by atoms with Crippen LogP contribution >= 0.6 is 32.6 Å². The molecule has 1 nitrogen and oxygen atoms in total. The van der Waals surface area contributed by atoms with Gasteiger partial charge in [0.15, 0.2) is 0 Å². The Morgan fingerprint density at radius 2 is 2.38 bits per heavy atom. The minimum atomic E-state index is 0.842. The summed E-state index contributed by atoms with van der Waals surface area (Å²) in [5.74, 6) is 0. The summed E-state index contributed by atoms with van der Waals surface area (Å²) in [6, 6.07) is 0. The van der Waals surface area contributed by atoms with Gasteiger partial charge < -0.3 is 4.18 Å². The number of unbranched alkanes of at least 4 members (excludes halogenated alkanes) is 1. The van der Waals surface area contributed by atoms with Crippen molar-refractivity contribution >= 4 is 32.6 Å². The van der Waals surface area contributed by atoms with E-state index < -0.39 is 0 Å². The first-order valence-corrected chi connectivity index (χ1v) is 5.64. The van der Waals surface area contributed by atoms with Crippen LogP contribution in [0.5, 0.6) is 0 Å². The first-order valence-electron chi connectivity index (χ1n) is 2.51. The van der Waals surface area contributed by atoms with E-state index in [1.165, 1.54) is 27.3 Å². The first-order chi connectivity index (χ1) is 3.91. The zero-order valence-electron chi connectivity index (χ0n) is 4.79. The molecule has 50 valence electrons. The average molecular weight is 170 g/mol. The van der Waals surface area contributed by atoms with E-state index in [1.54, 1.807) is 0 Å². The topological polar surface area (TPSA) is 9.23 Å². The predicted octanol–water partition coefficient (Wildman–Crippen LogP) is 2.94. The lowest BCUT2D eigenvalue weighted by Gasteiger charge is -1.94. The summed E-state index contributed by atoms with van der Waals surface area (Å²) < 4.78 is 5.03. The number of hydrogen-bond acceptors (Lipinski definition) is 4. The number of hydrogen-bond donors (Lipinski definition) is 1. The van der Waals surface area contributed by atoms with Gasteiger partial charge in [-0.05, 0) is 6.42 Å². The summed E-state index contributed by atoms with van der Waals surface area (Å²) >= 11 is 5.21. The molecule has 0 fully saturated rings. The molecule has 0 aliphatic heterocycles. The van der Waals surface area contributed by atoms with Crippen LogP contribution in [-0.4, -0.2) is 6.61 Å². The highest BCUT2D eigenvalue weighted by atomic mass is 33.5. The third-order valence-corrected chi connectivity index (χ3v) is 2.00. The molecule has 0 bridgehead atoms. The predicted molar refractivity (Wildman–Crippen MR) is 45.0 cm³/mol. The average Bonchev–Trinajstić information content (AvgIpc) is 1.81. The Kier molecular flexibility index (Phi) is 9.02. The highest BCUT2D eigenvalue weighted by Gasteiger charge is 1.84. The van der Waals surface area contributed by atoms with Crippen molar-refractivity contribution in [1.82, 2.24) is 0 Å². The molecule has 0 radical (unpaired) electrons. The van der Waals surface area contributed by atoms with Gasteiger partial charge in [0.2, 0.25) is 0 Å². The highest BCUT2D eigenvalue weighted by molar-refractivity contribution is 9.04. The summed E-state index contributed by atoms with van der Waals surface area (Å²) in [7, 11) is 1.34. The summed E-state index contributed by atoms with van der Waals surface area (Å²) in [6.45, 7) is 2.98. The first kappa shape index (κ1) is 9.01. The Morgan fingerprint density at radius 1 is 1.62 bits per heavy atom. The summed E-state index contributed by atoms with van der Waals surface area (Å²) in [4.78, 5) is 0. The minimum Gasteiger partial charge on any atom is -0.304 e. The fourth-order valence-corrected chi connectivity index (χ4v) is 1.21. The smallest absolute Gasteiger partial charge is 0.0737 e. The fourth-order valence-electron chi connectivity index (χ4n) is 0.259. The highest BCUT2D eigenvalue weighted by Crippen LogP contribution is 2.25. The third kappa shape index (κ3) is 7.01. The number of rotatable bonds is 5. The van der Waals surface area contributed by atoms with Gasteiger partial charge in [-0.25, -0.2) is 0 Å². The summed E-state index contributed by atoms with van der Waals surface area (Å²) in [5, 5.41) is 0. The van der Waals surface area contributed by atoms with Gasteiger partial charge in [0, 0.05) is 9.83 Å². The van der Waals surface area contributed by atoms with Gasteiger partial charge in [-0.1, -0.05) is 25.0 Å². The van der Waals surface area contributed by atoms with Crippen LogP contribution in [0.2, 0.25) is 0 Å². The molecule has 0 atom stereocenters. The Bertz CT molecular complexity index is 36.3. The van der Waals surface area contributed by atoms with Gasteiger partial charge in [0.05, 0.1) is 17.7 Å². The second-order valence-corrected chi connectivity index (χ2v) is 4.04. The van der Waals surface area contributed by atoms with Crippen molar-refractivity contribution in [3.63, 3.8) is 0 Å². The zero-order chi connectivity index (χ0) is 6.24. The van der Waals surface area contributed by atoms with Gasteiger partial charge in [-0.3, -0.25) is 0 Å². The van der Waals surface area contributed by atoms with Crippen LogP contribution < -0.4 is 0 Å². The molecule has 0 aliphatic rings. The van der Waals surface area contributed by atoms with Gasteiger partial charge in [-0.15, -0.1) is 0 Å². The molecule has 0 aromatic heterocycles. The number of thiol groups is 1. The van der Waals surface area contributed by atoms with Crippen molar-refractivity contribution in [1.29, 1.82) is 0 Å². The monoisotopic (exact) mass is 170 g/mol. The van der Waals surface area contributed by atoms with E-state index in [4.69, 9.17) is 4.18 Å². The molecule has 0 saturated heterocycles. The SMILES string of the molecule is CCCCOSSS. The van der Waals surface area contributed by atoms with E-state index in [0.717, 1.165) is 13.0 Å². The largest absolute Gasteiger partial charge is 0.304 e. The minimum absolute atomic E-state index is 0.842. The quantitative estimate of drug-likeness (QED) is 0.294. The molecule has 0 N–H and O–H groups in total. The van der Waals surface area contributed by atoms with Crippen LogP contribution in [0.3, 0.4) is 0 Å². The van der Waals surface area contributed by atoms with Crippen LogP contribution in [0.15, 0.2) is 0 Å².